The first-order valence-electron chi connectivity index (χ1n) is 4.79. The Morgan fingerprint density at radius 3 is 2.46 bits per heavy atom. The first-order valence-corrected chi connectivity index (χ1v) is 4.79. The van der Waals surface area contributed by atoms with E-state index in [2.05, 4.69) is 6.58 Å². The third-order valence-electron chi connectivity index (χ3n) is 2.72. The standard InChI is InChI=1S/C11H18O2/c1-9(2)7-10(12)8-11(13-3)5-4-6-11/h1,4-8H2,2-3H3. The van der Waals surface area contributed by atoms with Crippen LogP contribution >= 0.6 is 0 Å². The van der Waals surface area contributed by atoms with Crippen LogP contribution in [0.15, 0.2) is 12.2 Å². The maximum atomic E-state index is 11.5. The van der Waals surface area contributed by atoms with E-state index in [9.17, 15) is 4.79 Å². The van der Waals surface area contributed by atoms with Crippen LogP contribution in [0.1, 0.15) is 39.0 Å². The summed E-state index contributed by atoms with van der Waals surface area (Å²) >= 11 is 0. The Morgan fingerprint density at radius 2 is 2.15 bits per heavy atom. The Bertz CT molecular complexity index is 209. The van der Waals surface area contributed by atoms with Crippen LogP contribution in [0.3, 0.4) is 0 Å². The molecule has 2 nitrogen and oxygen atoms in total. The summed E-state index contributed by atoms with van der Waals surface area (Å²) in [4.78, 5) is 11.5. The van der Waals surface area contributed by atoms with Gasteiger partial charge in [-0.1, -0.05) is 12.2 Å². The van der Waals surface area contributed by atoms with Gasteiger partial charge in [0.1, 0.15) is 5.78 Å². The van der Waals surface area contributed by atoms with Crippen LogP contribution in [-0.4, -0.2) is 18.5 Å². The quantitative estimate of drug-likeness (QED) is 0.610. The van der Waals surface area contributed by atoms with Crippen molar-refractivity contribution < 1.29 is 9.53 Å². The van der Waals surface area contributed by atoms with Gasteiger partial charge in [-0.2, -0.15) is 0 Å². The van der Waals surface area contributed by atoms with E-state index in [-0.39, 0.29) is 11.4 Å². The fourth-order valence-electron chi connectivity index (χ4n) is 1.78. The summed E-state index contributed by atoms with van der Waals surface area (Å²) in [7, 11) is 1.70. The van der Waals surface area contributed by atoms with Crippen molar-refractivity contribution in [1.29, 1.82) is 0 Å². The number of Topliss-reactive ketones (excluding diaryl/α,β-unsaturated/α-hetero) is 1. The maximum absolute atomic E-state index is 11.5. The van der Waals surface area contributed by atoms with Crippen LogP contribution in [-0.2, 0) is 9.53 Å². The fourth-order valence-corrected chi connectivity index (χ4v) is 1.78. The van der Waals surface area contributed by atoms with E-state index >= 15 is 0 Å². The summed E-state index contributed by atoms with van der Waals surface area (Å²) in [5.41, 5.74) is 0.822. The Kier molecular flexibility index (Phi) is 3.26. The SMILES string of the molecule is C=C(C)CC(=O)CC1(OC)CCC1. The Hall–Kier alpha value is -0.630. The zero-order valence-electron chi connectivity index (χ0n) is 8.56. The topological polar surface area (TPSA) is 26.3 Å². The average molecular weight is 182 g/mol. The van der Waals surface area contributed by atoms with Gasteiger partial charge in [0.25, 0.3) is 0 Å². The predicted molar refractivity (Wildman–Crippen MR) is 52.6 cm³/mol. The Labute approximate surface area is 80.0 Å². The van der Waals surface area contributed by atoms with Crippen molar-refractivity contribution in [2.45, 2.75) is 44.6 Å². The number of methoxy groups -OCH3 is 1. The lowest BCUT2D eigenvalue weighted by Gasteiger charge is -2.40. The van der Waals surface area contributed by atoms with Crippen molar-refractivity contribution in [3.8, 4) is 0 Å². The second kappa shape index (κ2) is 4.05. The summed E-state index contributed by atoms with van der Waals surface area (Å²) in [6.45, 7) is 5.62. The van der Waals surface area contributed by atoms with Crippen molar-refractivity contribution in [3.63, 3.8) is 0 Å². The van der Waals surface area contributed by atoms with E-state index in [1.807, 2.05) is 6.92 Å². The molecule has 1 aliphatic carbocycles. The third kappa shape index (κ3) is 2.66. The molecule has 0 N–H and O–H groups in total. The highest BCUT2D eigenvalue weighted by molar-refractivity contribution is 5.81. The molecule has 0 saturated heterocycles. The molecule has 0 aromatic carbocycles. The molecule has 0 amide bonds. The molecule has 0 radical (unpaired) electrons. The molecule has 0 bridgehead atoms. The average Bonchev–Trinajstić information content (AvgIpc) is 1.95. The molecule has 1 aliphatic rings. The van der Waals surface area contributed by atoms with Crippen molar-refractivity contribution in [3.05, 3.63) is 12.2 Å². The van der Waals surface area contributed by atoms with Crippen LogP contribution in [0.4, 0.5) is 0 Å². The summed E-state index contributed by atoms with van der Waals surface area (Å²) in [6.07, 6.45) is 4.33. The highest BCUT2D eigenvalue weighted by Gasteiger charge is 2.38. The zero-order valence-corrected chi connectivity index (χ0v) is 8.56. The number of ketones is 1. The molecule has 13 heavy (non-hydrogen) atoms. The van der Waals surface area contributed by atoms with E-state index in [1.54, 1.807) is 7.11 Å². The fraction of sp³-hybridized carbons (Fsp3) is 0.727. The van der Waals surface area contributed by atoms with E-state index in [0.717, 1.165) is 18.4 Å². The number of carbonyl (C=O) groups is 1. The van der Waals surface area contributed by atoms with Crippen LogP contribution in [0.25, 0.3) is 0 Å². The second-order valence-electron chi connectivity index (χ2n) is 4.09. The number of rotatable bonds is 5. The van der Waals surface area contributed by atoms with Gasteiger partial charge in [0.05, 0.1) is 5.60 Å². The minimum absolute atomic E-state index is 0.119. The number of allylic oxidation sites excluding steroid dienone is 1. The van der Waals surface area contributed by atoms with Gasteiger partial charge in [-0.25, -0.2) is 0 Å². The van der Waals surface area contributed by atoms with Crippen LogP contribution in [0.5, 0.6) is 0 Å². The molecule has 0 heterocycles. The number of hydrogen-bond acceptors (Lipinski definition) is 2. The van der Waals surface area contributed by atoms with Crippen LogP contribution in [0, 0.1) is 0 Å². The van der Waals surface area contributed by atoms with E-state index in [1.165, 1.54) is 6.42 Å². The summed E-state index contributed by atoms with van der Waals surface area (Å²) < 4.78 is 5.38. The maximum Gasteiger partial charge on any atom is 0.139 e. The lowest BCUT2D eigenvalue weighted by Crippen LogP contribution is -2.41. The highest BCUT2D eigenvalue weighted by atomic mass is 16.5. The molecule has 2 heteroatoms. The molecular formula is C11H18O2. The normalized spacial score (nSPS) is 19.2. The lowest BCUT2D eigenvalue weighted by molar-refractivity contribution is -0.131. The highest BCUT2D eigenvalue weighted by Crippen LogP contribution is 2.38. The van der Waals surface area contributed by atoms with Gasteiger partial charge in [0, 0.05) is 20.0 Å². The van der Waals surface area contributed by atoms with Gasteiger partial charge in [0.15, 0.2) is 0 Å². The van der Waals surface area contributed by atoms with E-state index < -0.39 is 0 Å². The summed E-state index contributed by atoms with van der Waals surface area (Å²) in [6, 6.07) is 0. The first-order chi connectivity index (χ1) is 6.08. The van der Waals surface area contributed by atoms with Gasteiger partial charge in [-0.15, -0.1) is 0 Å². The molecule has 1 saturated carbocycles. The van der Waals surface area contributed by atoms with Crippen molar-refractivity contribution in [2.24, 2.45) is 0 Å². The summed E-state index contributed by atoms with van der Waals surface area (Å²) in [5, 5.41) is 0. The zero-order chi connectivity index (χ0) is 9.90. The number of carbonyl (C=O) groups excluding carboxylic acids is 1. The van der Waals surface area contributed by atoms with E-state index in [4.69, 9.17) is 4.74 Å². The van der Waals surface area contributed by atoms with E-state index in [0.29, 0.717) is 12.8 Å². The van der Waals surface area contributed by atoms with Gasteiger partial charge in [-0.05, 0) is 26.2 Å². The van der Waals surface area contributed by atoms with Gasteiger partial charge in [0.2, 0.25) is 0 Å². The van der Waals surface area contributed by atoms with Crippen LogP contribution in [0.2, 0.25) is 0 Å². The molecule has 0 spiro atoms. The minimum atomic E-state index is -0.119. The van der Waals surface area contributed by atoms with Gasteiger partial charge >= 0.3 is 0 Å². The molecule has 1 rings (SSSR count). The molecule has 0 aromatic heterocycles. The molecule has 0 aromatic rings. The number of ether oxygens (including phenoxy) is 1. The molecule has 0 unspecified atom stereocenters. The molecule has 0 aliphatic heterocycles. The third-order valence-corrected chi connectivity index (χ3v) is 2.72. The Balaban J connectivity index is 2.38. The van der Waals surface area contributed by atoms with Crippen molar-refractivity contribution in [2.75, 3.05) is 7.11 Å². The van der Waals surface area contributed by atoms with Crippen molar-refractivity contribution in [1.82, 2.24) is 0 Å². The largest absolute Gasteiger partial charge is 0.378 e. The molecule has 0 atom stereocenters. The lowest BCUT2D eigenvalue weighted by atomic mass is 9.76. The molecular weight excluding hydrogens is 164 g/mol. The monoisotopic (exact) mass is 182 g/mol. The Morgan fingerprint density at radius 1 is 1.54 bits per heavy atom. The smallest absolute Gasteiger partial charge is 0.139 e. The molecule has 1 fully saturated rings. The van der Waals surface area contributed by atoms with Crippen molar-refractivity contribution >= 4 is 5.78 Å². The minimum Gasteiger partial charge on any atom is -0.378 e. The van der Waals surface area contributed by atoms with Gasteiger partial charge < -0.3 is 4.74 Å². The first kappa shape index (κ1) is 10.5. The number of hydrogen-bond donors (Lipinski definition) is 0. The van der Waals surface area contributed by atoms with Gasteiger partial charge in [-0.3, -0.25) is 4.79 Å². The second-order valence-corrected chi connectivity index (χ2v) is 4.09. The van der Waals surface area contributed by atoms with Crippen LogP contribution < -0.4 is 0 Å². The predicted octanol–water partition coefficient (Wildman–Crippen LogP) is 2.48. The molecule has 74 valence electrons. The summed E-state index contributed by atoms with van der Waals surface area (Å²) in [5.74, 6) is 0.258.